The number of benzene rings is 2. The highest BCUT2D eigenvalue weighted by atomic mass is 28.4. The smallest absolute Gasteiger partial charge is 0.261 e. The van der Waals surface area contributed by atoms with Crippen LogP contribution in [0.15, 0.2) is 72.3 Å². The molecule has 2 aliphatic carbocycles. The highest BCUT2D eigenvalue weighted by Gasteiger charge is 2.53. The van der Waals surface area contributed by atoms with Crippen LogP contribution in [0.4, 0.5) is 0 Å². The van der Waals surface area contributed by atoms with Crippen molar-refractivity contribution in [1.29, 1.82) is 0 Å². The van der Waals surface area contributed by atoms with E-state index in [-0.39, 0.29) is 23.2 Å². The second-order valence-corrected chi connectivity index (χ2v) is 14.6. The zero-order valence-electron chi connectivity index (χ0n) is 18.7. The van der Waals surface area contributed by atoms with Crippen LogP contribution >= 0.6 is 0 Å². The van der Waals surface area contributed by atoms with Gasteiger partial charge in [0.2, 0.25) is 0 Å². The van der Waals surface area contributed by atoms with Gasteiger partial charge in [-0.2, -0.15) is 0 Å². The third-order valence-electron chi connectivity index (χ3n) is 7.24. The number of hydrogen-bond acceptors (Lipinski definition) is 2. The molecule has 0 heterocycles. The van der Waals surface area contributed by atoms with E-state index >= 15 is 0 Å². The fourth-order valence-electron chi connectivity index (χ4n) is 5.88. The first kappa shape index (κ1) is 21.5. The Balaban J connectivity index is 1.73. The lowest BCUT2D eigenvalue weighted by molar-refractivity contribution is 0.176. The van der Waals surface area contributed by atoms with Gasteiger partial charge < -0.3 is 9.53 Å². The van der Waals surface area contributed by atoms with Gasteiger partial charge in [0.15, 0.2) is 0 Å². The Hall–Kier alpha value is -1.68. The summed E-state index contributed by atoms with van der Waals surface area (Å²) < 4.78 is 7.38. The summed E-state index contributed by atoms with van der Waals surface area (Å²) in [6, 6.07) is 21.9. The molecule has 4 rings (SSSR count). The summed E-state index contributed by atoms with van der Waals surface area (Å²) in [5, 5.41) is 12.4. The summed E-state index contributed by atoms with van der Waals surface area (Å²) >= 11 is 0. The molecule has 0 unspecified atom stereocenters. The fourth-order valence-corrected chi connectivity index (χ4v) is 10.6. The third-order valence-corrected chi connectivity index (χ3v) is 12.3. The number of aliphatic hydroxyl groups excluding tert-OH is 1. The third kappa shape index (κ3) is 3.95. The van der Waals surface area contributed by atoms with E-state index in [0.717, 1.165) is 19.3 Å². The Morgan fingerprint density at radius 1 is 0.967 bits per heavy atom. The van der Waals surface area contributed by atoms with E-state index in [4.69, 9.17) is 4.43 Å². The van der Waals surface area contributed by atoms with Crippen molar-refractivity contribution in [2.45, 2.75) is 70.4 Å². The van der Waals surface area contributed by atoms with Crippen molar-refractivity contribution in [1.82, 2.24) is 0 Å². The van der Waals surface area contributed by atoms with E-state index in [0.29, 0.717) is 0 Å². The van der Waals surface area contributed by atoms with Crippen molar-refractivity contribution in [3.05, 3.63) is 72.3 Å². The molecule has 1 fully saturated rings. The molecular weight excluding hydrogens is 384 g/mol. The Kier molecular flexibility index (Phi) is 6.07. The molecule has 0 saturated heterocycles. The average Bonchev–Trinajstić information content (AvgIpc) is 3.13. The molecule has 0 bridgehead atoms. The van der Waals surface area contributed by atoms with Gasteiger partial charge in [-0.1, -0.05) is 87.5 Å². The van der Waals surface area contributed by atoms with Crippen molar-refractivity contribution >= 4 is 18.7 Å². The van der Waals surface area contributed by atoms with Crippen LogP contribution < -0.4 is 10.4 Å². The van der Waals surface area contributed by atoms with Gasteiger partial charge in [-0.25, -0.2) is 0 Å². The van der Waals surface area contributed by atoms with Crippen LogP contribution in [-0.4, -0.2) is 26.1 Å². The minimum absolute atomic E-state index is 0.0180. The number of hydrogen-bond donors (Lipinski definition) is 1. The molecule has 2 nitrogen and oxygen atoms in total. The van der Waals surface area contributed by atoms with Crippen LogP contribution in [0, 0.1) is 5.41 Å². The number of aliphatic hydroxyl groups is 1. The molecule has 2 aliphatic rings. The summed E-state index contributed by atoms with van der Waals surface area (Å²) in [6.45, 7) is 7.28. The zero-order chi connectivity index (χ0) is 21.2. The Bertz CT molecular complexity index is 829. The van der Waals surface area contributed by atoms with Crippen molar-refractivity contribution < 1.29 is 9.53 Å². The van der Waals surface area contributed by atoms with Crippen LogP contribution in [0.2, 0.25) is 5.04 Å². The van der Waals surface area contributed by atoms with Gasteiger partial charge in [0.05, 0.1) is 6.61 Å². The molecule has 0 aromatic heterocycles. The molecule has 2 aromatic carbocycles. The van der Waals surface area contributed by atoms with E-state index in [1.807, 2.05) is 0 Å². The summed E-state index contributed by atoms with van der Waals surface area (Å²) in [5.74, 6) is 0. The highest BCUT2D eigenvalue weighted by molar-refractivity contribution is 6.99. The van der Waals surface area contributed by atoms with E-state index in [2.05, 4.69) is 87.5 Å². The van der Waals surface area contributed by atoms with E-state index in [1.54, 1.807) is 0 Å². The van der Waals surface area contributed by atoms with Crippen LogP contribution in [0.1, 0.15) is 59.3 Å². The monoisotopic (exact) mass is 420 g/mol. The van der Waals surface area contributed by atoms with Gasteiger partial charge in [-0.15, -0.1) is 0 Å². The lowest BCUT2D eigenvalue weighted by atomic mass is 9.75. The number of rotatable bonds is 5. The van der Waals surface area contributed by atoms with Crippen LogP contribution in [0.3, 0.4) is 0 Å². The minimum atomic E-state index is -2.49. The first-order valence-electron chi connectivity index (χ1n) is 11.5. The normalized spacial score (nSPS) is 24.8. The second-order valence-electron chi connectivity index (χ2n) is 10.3. The maximum atomic E-state index is 9.70. The molecule has 0 aliphatic heterocycles. The van der Waals surface area contributed by atoms with Gasteiger partial charge in [0.1, 0.15) is 0 Å². The molecule has 0 radical (unpaired) electrons. The molecule has 1 saturated carbocycles. The van der Waals surface area contributed by atoms with E-state index < -0.39 is 8.32 Å². The van der Waals surface area contributed by atoms with E-state index in [1.165, 1.54) is 35.2 Å². The lowest BCUT2D eigenvalue weighted by Crippen LogP contribution is -2.67. The largest absolute Gasteiger partial charge is 0.404 e. The molecule has 3 heteroatoms. The maximum absolute atomic E-state index is 9.70. The van der Waals surface area contributed by atoms with Gasteiger partial charge in [-0.3, -0.25) is 0 Å². The van der Waals surface area contributed by atoms with Crippen molar-refractivity contribution in [3.63, 3.8) is 0 Å². The summed E-state index contributed by atoms with van der Waals surface area (Å²) in [7, 11) is -2.49. The van der Waals surface area contributed by atoms with Gasteiger partial charge >= 0.3 is 0 Å². The van der Waals surface area contributed by atoms with Gasteiger partial charge in [0, 0.05) is 6.10 Å². The highest BCUT2D eigenvalue weighted by Crippen LogP contribution is 2.50. The first-order chi connectivity index (χ1) is 14.4. The number of allylic oxidation sites excluding steroid dienone is 1. The zero-order valence-corrected chi connectivity index (χ0v) is 19.7. The Morgan fingerprint density at radius 2 is 1.57 bits per heavy atom. The molecule has 30 heavy (non-hydrogen) atoms. The molecule has 0 amide bonds. The van der Waals surface area contributed by atoms with Crippen molar-refractivity contribution in [3.8, 4) is 0 Å². The summed E-state index contributed by atoms with van der Waals surface area (Å²) in [6.07, 6.45) is 9.53. The van der Waals surface area contributed by atoms with Crippen LogP contribution in [0.5, 0.6) is 0 Å². The van der Waals surface area contributed by atoms with Gasteiger partial charge in [-0.05, 0) is 64.9 Å². The predicted octanol–water partition coefficient (Wildman–Crippen LogP) is 5.20. The van der Waals surface area contributed by atoms with Gasteiger partial charge in [0.25, 0.3) is 8.32 Å². The first-order valence-corrected chi connectivity index (χ1v) is 13.4. The summed E-state index contributed by atoms with van der Waals surface area (Å²) in [4.78, 5) is 0. The Labute approximate surface area is 183 Å². The lowest BCUT2D eigenvalue weighted by Gasteiger charge is -2.45. The predicted molar refractivity (Wildman–Crippen MR) is 128 cm³/mol. The molecule has 1 spiro atoms. The van der Waals surface area contributed by atoms with Crippen LogP contribution in [-0.2, 0) is 4.43 Å². The Morgan fingerprint density at radius 3 is 2.10 bits per heavy atom. The SMILES string of the molecule is CC(C)(C)[Si](O[C@H]1CC[C@]2(C=C(CO)CCC2)C1)(c1ccccc1)c1ccccc1. The fraction of sp³-hybridized carbons (Fsp3) is 0.481. The standard InChI is InChI=1S/C27H36O2Si/c1-26(2,3)30(24-12-6-4-7-13-24,25-14-8-5-9-15-25)29-23-16-18-27(20-23)17-10-11-22(19-27)21-28/h4-9,12-15,19,23,28H,10-11,16-18,20-21H2,1-3H3/t23-,27+/m0/s1. The quantitative estimate of drug-likeness (QED) is 0.532. The molecular formula is C27H36O2Si. The molecule has 160 valence electrons. The summed E-state index contributed by atoms with van der Waals surface area (Å²) in [5.41, 5.74) is 1.46. The van der Waals surface area contributed by atoms with Crippen molar-refractivity contribution in [2.24, 2.45) is 5.41 Å². The molecule has 2 atom stereocenters. The topological polar surface area (TPSA) is 29.5 Å². The second kappa shape index (κ2) is 8.45. The minimum Gasteiger partial charge on any atom is -0.404 e. The van der Waals surface area contributed by atoms with Crippen molar-refractivity contribution in [2.75, 3.05) is 6.61 Å². The average molecular weight is 421 g/mol. The molecule has 1 N–H and O–H groups in total. The van der Waals surface area contributed by atoms with Crippen LogP contribution in [0.25, 0.3) is 0 Å². The van der Waals surface area contributed by atoms with E-state index in [9.17, 15) is 5.11 Å². The molecule has 2 aromatic rings. The maximum Gasteiger partial charge on any atom is 0.261 e.